The third-order valence-corrected chi connectivity index (χ3v) is 8.17. The van der Waals surface area contributed by atoms with Crippen LogP contribution in [0.5, 0.6) is 11.5 Å². The summed E-state index contributed by atoms with van der Waals surface area (Å²) >= 11 is 0. The first-order valence-corrected chi connectivity index (χ1v) is 20.3. The molecule has 3 rings (SSSR count). The monoisotopic (exact) mass is 852 g/mol. The summed E-state index contributed by atoms with van der Waals surface area (Å²) in [5.41, 5.74) is 1.66. The minimum absolute atomic E-state index is 0.00211. The first-order valence-electron chi connectivity index (χ1n) is 20.3. The van der Waals surface area contributed by atoms with E-state index in [2.05, 4.69) is 4.74 Å². The van der Waals surface area contributed by atoms with Gasteiger partial charge in [-0.3, -0.25) is 24.2 Å². The molecule has 0 fully saturated rings. The normalized spacial score (nSPS) is 12.2. The molecule has 61 heavy (non-hydrogen) atoms. The molecule has 0 aromatic heterocycles. The van der Waals surface area contributed by atoms with Crippen molar-refractivity contribution in [2.45, 2.75) is 126 Å². The van der Waals surface area contributed by atoms with Gasteiger partial charge in [-0.2, -0.15) is 0 Å². The van der Waals surface area contributed by atoms with Gasteiger partial charge in [0.15, 0.2) is 0 Å². The summed E-state index contributed by atoms with van der Waals surface area (Å²) in [4.78, 5) is 61.1. The molecule has 0 aliphatic rings. The number of carbonyl (C=O) groups is 5. The van der Waals surface area contributed by atoms with Crippen LogP contribution >= 0.6 is 0 Å². The predicted octanol–water partition coefficient (Wildman–Crippen LogP) is 9.31. The number of carboxylic acids is 1. The third kappa shape index (κ3) is 23.2. The van der Waals surface area contributed by atoms with Gasteiger partial charge in [-0.25, -0.2) is 9.59 Å². The van der Waals surface area contributed by atoms with Crippen LogP contribution in [0.4, 0.5) is 9.59 Å². The van der Waals surface area contributed by atoms with Crippen molar-refractivity contribution in [1.29, 1.82) is 0 Å². The summed E-state index contributed by atoms with van der Waals surface area (Å²) < 4.78 is 30.5. The maximum absolute atomic E-state index is 12.7. The van der Waals surface area contributed by atoms with Crippen LogP contribution in [-0.4, -0.2) is 89.1 Å². The molecule has 0 saturated carbocycles. The van der Waals surface area contributed by atoms with Crippen molar-refractivity contribution in [3.8, 4) is 11.5 Å². The fourth-order valence-corrected chi connectivity index (χ4v) is 5.79. The van der Waals surface area contributed by atoms with E-state index >= 15 is 0 Å². The van der Waals surface area contributed by atoms with Crippen molar-refractivity contribution in [1.82, 2.24) is 9.80 Å². The van der Waals surface area contributed by atoms with Crippen molar-refractivity contribution in [2.75, 3.05) is 20.7 Å². The average molecular weight is 853 g/mol. The summed E-state index contributed by atoms with van der Waals surface area (Å²) in [6.45, 7) is 23.4. The minimum atomic E-state index is -0.836. The highest BCUT2D eigenvalue weighted by atomic mass is 16.7. The standard InChI is InChI=1S/C25H33NO5.C18H27NO5.C4H8O2/c1-18(2)22(23(27)29-17-20-10-8-7-9-11-20)26(6)16-19-12-14-21(15-13-19)30-24(28)31-25(3,4)5;1-12(2)15(16(20)21)19(6)11-13-7-9-14(10-8-13)23-17(22)24-18(3,4)5;1-3-6-4(2)5/h7-15,18,22H,16-17H2,1-6H3;7-10,12,15H,11H2,1-6H3,(H,20,21);3H2,1-2H3/t22-;15-;/m00./s1. The second-order valence-corrected chi connectivity index (χ2v) is 17.0. The lowest BCUT2D eigenvalue weighted by Gasteiger charge is -2.29. The highest BCUT2D eigenvalue weighted by Gasteiger charge is 2.29. The van der Waals surface area contributed by atoms with Crippen LogP contribution in [0.2, 0.25) is 0 Å². The van der Waals surface area contributed by atoms with Crippen LogP contribution in [-0.2, 0) is 53.0 Å². The van der Waals surface area contributed by atoms with E-state index in [0.717, 1.165) is 16.7 Å². The zero-order valence-electron chi connectivity index (χ0n) is 38.5. The fourth-order valence-electron chi connectivity index (χ4n) is 5.79. The van der Waals surface area contributed by atoms with Crippen LogP contribution in [0.15, 0.2) is 78.9 Å². The van der Waals surface area contributed by atoms with E-state index in [0.29, 0.717) is 31.2 Å². The van der Waals surface area contributed by atoms with Gasteiger partial charge in [0.2, 0.25) is 0 Å². The topological polar surface area (TPSA) is 167 Å². The number of aliphatic carboxylic acids is 1. The van der Waals surface area contributed by atoms with Crippen molar-refractivity contribution < 1.29 is 57.5 Å². The Hall–Kier alpha value is -5.47. The largest absolute Gasteiger partial charge is 0.514 e. The lowest BCUT2D eigenvalue weighted by Crippen LogP contribution is -2.43. The Balaban J connectivity index is 0.000000551. The summed E-state index contributed by atoms with van der Waals surface area (Å²) in [5.74, 6) is -0.413. The Bertz CT molecular complexity index is 1780. The van der Waals surface area contributed by atoms with Crippen LogP contribution in [0, 0.1) is 11.8 Å². The highest BCUT2D eigenvalue weighted by Crippen LogP contribution is 2.21. The second-order valence-electron chi connectivity index (χ2n) is 17.0. The molecule has 0 aliphatic heterocycles. The Labute approximate surface area is 362 Å². The lowest BCUT2D eigenvalue weighted by atomic mass is 10.0. The maximum Gasteiger partial charge on any atom is 0.514 e. The van der Waals surface area contributed by atoms with Crippen LogP contribution < -0.4 is 9.47 Å². The number of hydrogen-bond donors (Lipinski definition) is 1. The molecule has 0 heterocycles. The molecule has 14 nitrogen and oxygen atoms in total. The average Bonchev–Trinajstić information content (AvgIpc) is 3.11. The van der Waals surface area contributed by atoms with Crippen molar-refractivity contribution in [3.05, 3.63) is 95.6 Å². The van der Waals surface area contributed by atoms with Crippen LogP contribution in [0.1, 0.15) is 99.8 Å². The highest BCUT2D eigenvalue weighted by molar-refractivity contribution is 5.76. The van der Waals surface area contributed by atoms with Crippen LogP contribution in [0.25, 0.3) is 0 Å². The van der Waals surface area contributed by atoms with Gasteiger partial charge in [-0.15, -0.1) is 0 Å². The van der Waals surface area contributed by atoms with E-state index in [1.165, 1.54) is 6.92 Å². The first-order chi connectivity index (χ1) is 28.3. The van der Waals surface area contributed by atoms with E-state index in [-0.39, 0.29) is 36.4 Å². The van der Waals surface area contributed by atoms with Gasteiger partial charge in [-0.05, 0) is 115 Å². The number of rotatable bonds is 15. The van der Waals surface area contributed by atoms with Gasteiger partial charge in [0.05, 0.1) is 6.61 Å². The quantitative estimate of drug-likeness (QED) is 0.0872. The summed E-state index contributed by atoms with van der Waals surface area (Å²) in [5, 5.41) is 9.32. The molecule has 0 aliphatic carbocycles. The van der Waals surface area contributed by atoms with E-state index in [4.69, 9.17) is 23.7 Å². The summed E-state index contributed by atoms with van der Waals surface area (Å²) in [7, 11) is 3.68. The number of nitrogens with zero attached hydrogens (tertiary/aromatic N) is 2. The zero-order chi connectivity index (χ0) is 46.5. The Morgan fingerprint density at radius 3 is 1.30 bits per heavy atom. The Kier molecular flexibility index (Phi) is 22.8. The van der Waals surface area contributed by atoms with Gasteiger partial charge in [0.1, 0.15) is 41.4 Å². The number of benzene rings is 3. The Morgan fingerprint density at radius 2 is 0.984 bits per heavy atom. The maximum atomic E-state index is 12.7. The number of carboxylic acid groups (broad SMARTS) is 1. The molecule has 338 valence electrons. The SMILES string of the molecule is CC(C)[C@@H](C(=O)O)N(C)Cc1ccc(OC(=O)OC(C)(C)C)cc1.CC(C)[C@@H](C(=O)OCc1ccccc1)N(C)Cc1ccc(OC(=O)OC(C)(C)C)cc1.CCOC(C)=O. The second kappa shape index (κ2) is 26.0. The van der Waals surface area contributed by atoms with Gasteiger partial charge in [-0.1, -0.05) is 82.3 Å². The molecule has 1 N–H and O–H groups in total. The van der Waals surface area contributed by atoms with E-state index < -0.39 is 35.5 Å². The molecule has 3 aromatic rings. The van der Waals surface area contributed by atoms with E-state index in [1.807, 2.05) is 82.1 Å². The molecule has 0 spiro atoms. The zero-order valence-corrected chi connectivity index (χ0v) is 38.5. The lowest BCUT2D eigenvalue weighted by molar-refractivity contribution is -0.153. The van der Waals surface area contributed by atoms with Crippen molar-refractivity contribution in [3.63, 3.8) is 0 Å². The van der Waals surface area contributed by atoms with Gasteiger partial charge in [0, 0.05) is 20.0 Å². The minimum Gasteiger partial charge on any atom is -0.480 e. The van der Waals surface area contributed by atoms with Crippen molar-refractivity contribution >= 4 is 30.2 Å². The van der Waals surface area contributed by atoms with Gasteiger partial charge >= 0.3 is 30.2 Å². The smallest absolute Gasteiger partial charge is 0.480 e. The molecule has 2 atom stereocenters. The molecule has 0 saturated heterocycles. The van der Waals surface area contributed by atoms with E-state index in [1.54, 1.807) is 96.8 Å². The van der Waals surface area contributed by atoms with Crippen molar-refractivity contribution in [2.24, 2.45) is 11.8 Å². The first kappa shape index (κ1) is 53.5. The Morgan fingerprint density at radius 1 is 0.590 bits per heavy atom. The van der Waals surface area contributed by atoms with Crippen LogP contribution in [0.3, 0.4) is 0 Å². The van der Waals surface area contributed by atoms with E-state index in [9.17, 15) is 29.1 Å². The molecule has 0 radical (unpaired) electrons. The van der Waals surface area contributed by atoms with Gasteiger partial charge < -0.3 is 33.5 Å². The molecule has 0 unspecified atom stereocenters. The number of carbonyl (C=O) groups excluding carboxylic acids is 4. The number of ether oxygens (including phenoxy) is 6. The number of likely N-dealkylation sites (N-methyl/N-ethyl adjacent to an activating group) is 2. The molecular weight excluding hydrogens is 785 g/mol. The summed E-state index contributed by atoms with van der Waals surface area (Å²) in [6, 6.07) is 22.8. The van der Waals surface area contributed by atoms with Gasteiger partial charge in [0.25, 0.3) is 0 Å². The molecule has 14 heteroatoms. The summed E-state index contributed by atoms with van der Waals surface area (Å²) in [6.07, 6.45) is -1.49. The molecule has 3 aromatic carbocycles. The predicted molar refractivity (Wildman–Crippen MR) is 233 cm³/mol. The third-order valence-electron chi connectivity index (χ3n) is 8.17. The molecular formula is C47H68N2O12. The number of hydrogen-bond acceptors (Lipinski definition) is 13. The molecule has 0 bridgehead atoms. The molecule has 0 amide bonds. The number of esters is 2. The fraction of sp³-hybridized carbons (Fsp3) is 0.511.